The Labute approximate surface area is 140 Å². The largest absolute Gasteiger partial charge is 0.376 e. The molecule has 2 aromatic heterocycles. The van der Waals surface area contributed by atoms with Crippen molar-refractivity contribution < 1.29 is 9.47 Å². The molecule has 2 fully saturated rings. The SMILES string of the molecule is c1cnc(-c2cnc(NC[C@@H]3CCCO3)nc2[C@H]2CCCO2)cn1. The van der Waals surface area contributed by atoms with Crippen LogP contribution in [-0.4, -0.2) is 45.8 Å². The highest BCUT2D eigenvalue weighted by Crippen LogP contribution is 2.33. The first kappa shape index (κ1) is 15.4. The molecule has 0 aromatic carbocycles. The monoisotopic (exact) mass is 327 g/mol. The predicted octanol–water partition coefficient (Wildman–Crippen LogP) is 2.38. The molecule has 0 unspecified atom stereocenters. The van der Waals surface area contributed by atoms with Crippen LogP contribution in [0.15, 0.2) is 24.8 Å². The maximum atomic E-state index is 5.84. The molecule has 7 nitrogen and oxygen atoms in total. The van der Waals surface area contributed by atoms with Gasteiger partial charge in [0.1, 0.15) is 6.10 Å². The van der Waals surface area contributed by atoms with Crippen molar-refractivity contribution in [1.29, 1.82) is 0 Å². The normalized spacial score (nSPS) is 23.5. The van der Waals surface area contributed by atoms with Gasteiger partial charge in [0.05, 0.1) is 23.7 Å². The van der Waals surface area contributed by atoms with E-state index in [1.165, 1.54) is 0 Å². The fraction of sp³-hybridized carbons (Fsp3) is 0.529. The van der Waals surface area contributed by atoms with Gasteiger partial charge in [0.25, 0.3) is 0 Å². The van der Waals surface area contributed by atoms with Gasteiger partial charge in [0, 0.05) is 43.9 Å². The van der Waals surface area contributed by atoms with E-state index in [4.69, 9.17) is 14.5 Å². The molecule has 2 saturated heterocycles. The zero-order chi connectivity index (χ0) is 16.2. The molecule has 0 radical (unpaired) electrons. The van der Waals surface area contributed by atoms with Gasteiger partial charge in [-0.25, -0.2) is 9.97 Å². The van der Waals surface area contributed by atoms with Crippen LogP contribution in [0.5, 0.6) is 0 Å². The highest BCUT2D eigenvalue weighted by Gasteiger charge is 2.24. The number of rotatable bonds is 5. The van der Waals surface area contributed by atoms with Gasteiger partial charge >= 0.3 is 0 Å². The van der Waals surface area contributed by atoms with Crippen LogP contribution in [0.3, 0.4) is 0 Å². The van der Waals surface area contributed by atoms with Crippen molar-refractivity contribution in [2.75, 3.05) is 25.1 Å². The van der Waals surface area contributed by atoms with E-state index in [1.54, 1.807) is 18.6 Å². The minimum absolute atomic E-state index is 0.00622. The Bertz CT molecular complexity index is 670. The summed E-state index contributed by atoms with van der Waals surface area (Å²) in [6, 6.07) is 0. The molecular formula is C17H21N5O2. The van der Waals surface area contributed by atoms with E-state index in [-0.39, 0.29) is 12.2 Å². The molecule has 0 amide bonds. The first-order valence-electron chi connectivity index (χ1n) is 8.50. The smallest absolute Gasteiger partial charge is 0.223 e. The number of nitrogens with zero attached hydrogens (tertiary/aromatic N) is 4. The zero-order valence-electron chi connectivity index (χ0n) is 13.5. The van der Waals surface area contributed by atoms with Crippen LogP contribution < -0.4 is 5.32 Å². The summed E-state index contributed by atoms with van der Waals surface area (Å²) in [7, 11) is 0. The average Bonchev–Trinajstić information content (AvgIpc) is 3.34. The van der Waals surface area contributed by atoms with E-state index in [0.717, 1.165) is 62.4 Å². The minimum Gasteiger partial charge on any atom is -0.376 e. The molecule has 0 aliphatic carbocycles. The molecule has 2 aromatic rings. The summed E-state index contributed by atoms with van der Waals surface area (Å²) < 4.78 is 11.5. The average molecular weight is 327 g/mol. The van der Waals surface area contributed by atoms with Crippen molar-refractivity contribution in [2.45, 2.75) is 37.9 Å². The molecule has 24 heavy (non-hydrogen) atoms. The number of ether oxygens (including phenoxy) is 2. The highest BCUT2D eigenvalue weighted by atomic mass is 16.5. The Morgan fingerprint density at radius 1 is 1.04 bits per heavy atom. The fourth-order valence-corrected chi connectivity index (χ4v) is 3.16. The van der Waals surface area contributed by atoms with Crippen LogP contribution in [-0.2, 0) is 9.47 Å². The second-order valence-corrected chi connectivity index (χ2v) is 6.10. The van der Waals surface area contributed by atoms with Gasteiger partial charge in [-0.3, -0.25) is 9.97 Å². The third kappa shape index (κ3) is 3.37. The number of aromatic nitrogens is 4. The Morgan fingerprint density at radius 2 is 1.96 bits per heavy atom. The van der Waals surface area contributed by atoms with Crippen LogP contribution in [0.4, 0.5) is 5.95 Å². The lowest BCUT2D eigenvalue weighted by atomic mass is 10.1. The van der Waals surface area contributed by atoms with Crippen LogP contribution in [0.2, 0.25) is 0 Å². The third-order valence-electron chi connectivity index (χ3n) is 4.40. The lowest BCUT2D eigenvalue weighted by Crippen LogP contribution is -2.20. The number of anilines is 1. The fourth-order valence-electron chi connectivity index (χ4n) is 3.16. The van der Waals surface area contributed by atoms with Gasteiger partial charge in [-0.1, -0.05) is 0 Å². The van der Waals surface area contributed by atoms with E-state index in [1.807, 2.05) is 6.20 Å². The molecular weight excluding hydrogens is 306 g/mol. The van der Waals surface area contributed by atoms with E-state index in [9.17, 15) is 0 Å². The topological polar surface area (TPSA) is 82.1 Å². The summed E-state index contributed by atoms with van der Waals surface area (Å²) in [4.78, 5) is 17.7. The summed E-state index contributed by atoms with van der Waals surface area (Å²) in [5.41, 5.74) is 2.55. The highest BCUT2D eigenvalue weighted by molar-refractivity contribution is 5.61. The molecule has 0 bridgehead atoms. The minimum atomic E-state index is -0.00622. The molecule has 4 heterocycles. The molecule has 7 heteroatoms. The predicted molar refractivity (Wildman–Crippen MR) is 88.4 cm³/mol. The maximum absolute atomic E-state index is 5.84. The van der Waals surface area contributed by atoms with Crippen LogP contribution in [0, 0.1) is 0 Å². The molecule has 0 saturated carbocycles. The van der Waals surface area contributed by atoms with E-state index in [2.05, 4.69) is 20.3 Å². The summed E-state index contributed by atoms with van der Waals surface area (Å²) in [5.74, 6) is 0.614. The third-order valence-corrected chi connectivity index (χ3v) is 4.40. The molecule has 0 spiro atoms. The van der Waals surface area contributed by atoms with Gasteiger partial charge in [-0.15, -0.1) is 0 Å². The molecule has 2 aliphatic rings. The standard InChI is InChI=1S/C17H21N5O2/c1-3-12(23-7-1)9-20-17-21-10-13(14-11-18-5-6-19-14)16(22-17)15-4-2-8-24-15/h5-6,10-12,15H,1-4,7-9H2,(H,20,21,22)/t12-,15+/m0/s1. The lowest BCUT2D eigenvalue weighted by molar-refractivity contribution is 0.109. The van der Waals surface area contributed by atoms with Crippen molar-refractivity contribution in [2.24, 2.45) is 0 Å². The summed E-state index contributed by atoms with van der Waals surface area (Å²) >= 11 is 0. The first-order valence-corrected chi connectivity index (χ1v) is 8.50. The van der Waals surface area contributed by atoms with Crippen LogP contribution >= 0.6 is 0 Å². The van der Waals surface area contributed by atoms with E-state index >= 15 is 0 Å². The maximum Gasteiger partial charge on any atom is 0.223 e. The Morgan fingerprint density at radius 3 is 2.71 bits per heavy atom. The second-order valence-electron chi connectivity index (χ2n) is 6.10. The zero-order valence-corrected chi connectivity index (χ0v) is 13.5. The molecule has 2 aliphatic heterocycles. The van der Waals surface area contributed by atoms with Gasteiger partial charge < -0.3 is 14.8 Å². The number of hydrogen-bond donors (Lipinski definition) is 1. The molecule has 4 rings (SSSR count). The Balaban J connectivity index is 1.59. The van der Waals surface area contributed by atoms with E-state index in [0.29, 0.717) is 5.95 Å². The van der Waals surface area contributed by atoms with Gasteiger partial charge in [-0.05, 0) is 25.7 Å². The van der Waals surface area contributed by atoms with Crippen molar-refractivity contribution in [1.82, 2.24) is 19.9 Å². The summed E-state index contributed by atoms with van der Waals surface area (Å²) in [6.07, 6.45) is 11.4. The van der Waals surface area contributed by atoms with Gasteiger partial charge in [0.2, 0.25) is 5.95 Å². The quantitative estimate of drug-likeness (QED) is 0.902. The first-order chi connectivity index (χ1) is 11.9. The second kappa shape index (κ2) is 7.19. The van der Waals surface area contributed by atoms with Crippen LogP contribution in [0.1, 0.15) is 37.5 Å². The molecule has 126 valence electrons. The van der Waals surface area contributed by atoms with Crippen molar-refractivity contribution in [3.8, 4) is 11.3 Å². The number of nitrogens with one attached hydrogen (secondary N) is 1. The molecule has 2 atom stereocenters. The van der Waals surface area contributed by atoms with Crippen LogP contribution in [0.25, 0.3) is 11.3 Å². The van der Waals surface area contributed by atoms with E-state index < -0.39 is 0 Å². The van der Waals surface area contributed by atoms with Crippen molar-refractivity contribution >= 4 is 5.95 Å². The Kier molecular flexibility index (Phi) is 4.62. The number of hydrogen-bond acceptors (Lipinski definition) is 7. The summed E-state index contributed by atoms with van der Waals surface area (Å²) in [6.45, 7) is 2.35. The van der Waals surface area contributed by atoms with Crippen molar-refractivity contribution in [3.05, 3.63) is 30.5 Å². The Hall–Kier alpha value is -2.12. The van der Waals surface area contributed by atoms with Crippen molar-refractivity contribution in [3.63, 3.8) is 0 Å². The van der Waals surface area contributed by atoms with Gasteiger partial charge in [-0.2, -0.15) is 0 Å². The lowest BCUT2D eigenvalue weighted by Gasteiger charge is -2.16. The molecule has 1 N–H and O–H groups in total. The summed E-state index contributed by atoms with van der Waals surface area (Å²) in [5, 5.41) is 3.29. The van der Waals surface area contributed by atoms with Gasteiger partial charge in [0.15, 0.2) is 0 Å².